The Morgan fingerprint density at radius 3 is 2.73 bits per heavy atom. The first-order valence-electron chi connectivity index (χ1n) is 5.48. The van der Waals surface area contributed by atoms with Crippen LogP contribution >= 0.6 is 0 Å². The number of rotatable bonds is 3. The quantitative estimate of drug-likeness (QED) is 0.830. The van der Waals surface area contributed by atoms with Gasteiger partial charge >= 0.3 is 0 Å². The predicted octanol–water partition coefficient (Wildman–Crippen LogP) is 2.08. The molecule has 0 unspecified atom stereocenters. The molecular formula is C12H17N3. The largest absolute Gasteiger partial charge is 0.327 e. The molecule has 2 aromatic rings. The molecule has 0 saturated carbocycles. The number of aromatic nitrogens is 2. The van der Waals surface area contributed by atoms with E-state index in [1.54, 1.807) is 0 Å². The summed E-state index contributed by atoms with van der Waals surface area (Å²) in [6.45, 7) is 5.70. The molecule has 0 fully saturated rings. The normalized spacial score (nSPS) is 11.1. The molecule has 0 aliphatic rings. The van der Waals surface area contributed by atoms with Crippen molar-refractivity contribution < 1.29 is 0 Å². The molecule has 1 aromatic carbocycles. The van der Waals surface area contributed by atoms with Gasteiger partial charge in [0.15, 0.2) is 0 Å². The van der Waals surface area contributed by atoms with Crippen molar-refractivity contribution in [2.24, 2.45) is 5.73 Å². The fraction of sp³-hybridized carbons (Fsp3) is 0.417. The van der Waals surface area contributed by atoms with Crippen molar-refractivity contribution in [3.8, 4) is 0 Å². The van der Waals surface area contributed by atoms with Crippen LogP contribution < -0.4 is 5.73 Å². The lowest BCUT2D eigenvalue weighted by atomic mass is 10.1. The van der Waals surface area contributed by atoms with Crippen LogP contribution in [0.5, 0.6) is 0 Å². The van der Waals surface area contributed by atoms with Crippen molar-refractivity contribution in [2.45, 2.75) is 33.4 Å². The van der Waals surface area contributed by atoms with Crippen LogP contribution in [0.15, 0.2) is 18.2 Å². The van der Waals surface area contributed by atoms with Gasteiger partial charge in [0.05, 0.1) is 17.6 Å². The van der Waals surface area contributed by atoms with E-state index in [1.165, 1.54) is 11.1 Å². The van der Waals surface area contributed by atoms with Gasteiger partial charge in [0.25, 0.3) is 0 Å². The molecule has 3 nitrogen and oxygen atoms in total. The molecule has 3 heteroatoms. The van der Waals surface area contributed by atoms with E-state index in [4.69, 9.17) is 5.73 Å². The summed E-state index contributed by atoms with van der Waals surface area (Å²) in [5.74, 6) is 0.973. The molecule has 1 aromatic heterocycles. The molecule has 0 spiro atoms. The second kappa shape index (κ2) is 4.03. The lowest BCUT2D eigenvalue weighted by Gasteiger charge is -2.03. The number of aryl methyl sites for hydroxylation is 2. The summed E-state index contributed by atoms with van der Waals surface area (Å²) in [5, 5.41) is 0. The topological polar surface area (TPSA) is 43.8 Å². The molecule has 2 rings (SSSR count). The van der Waals surface area contributed by atoms with E-state index >= 15 is 0 Å². The minimum absolute atomic E-state index is 0.504. The highest BCUT2D eigenvalue weighted by Gasteiger charge is 2.07. The number of imidazole rings is 1. The minimum Gasteiger partial charge on any atom is -0.327 e. The maximum atomic E-state index is 5.68. The fourth-order valence-corrected chi connectivity index (χ4v) is 1.95. The zero-order chi connectivity index (χ0) is 10.8. The van der Waals surface area contributed by atoms with E-state index < -0.39 is 0 Å². The first-order chi connectivity index (χ1) is 7.30. The van der Waals surface area contributed by atoms with Crippen molar-refractivity contribution in [2.75, 3.05) is 0 Å². The number of fused-ring (bicyclic) bond motifs is 1. The van der Waals surface area contributed by atoms with Gasteiger partial charge in [-0.3, -0.25) is 0 Å². The van der Waals surface area contributed by atoms with Gasteiger partial charge < -0.3 is 10.3 Å². The molecule has 0 aliphatic carbocycles. The average molecular weight is 203 g/mol. The van der Waals surface area contributed by atoms with Gasteiger partial charge in [-0.2, -0.15) is 0 Å². The Morgan fingerprint density at radius 2 is 2.13 bits per heavy atom. The van der Waals surface area contributed by atoms with Crippen molar-refractivity contribution in [1.82, 2.24) is 9.55 Å². The molecule has 2 N–H and O–H groups in total. The second-order valence-electron chi connectivity index (χ2n) is 3.65. The maximum absolute atomic E-state index is 5.68. The van der Waals surface area contributed by atoms with Crippen LogP contribution in [0.4, 0.5) is 0 Å². The van der Waals surface area contributed by atoms with E-state index in [0.717, 1.165) is 24.3 Å². The monoisotopic (exact) mass is 203 g/mol. The third-order valence-corrected chi connectivity index (χ3v) is 2.80. The Kier molecular flexibility index (Phi) is 2.73. The lowest BCUT2D eigenvalue weighted by Crippen LogP contribution is -2.06. The van der Waals surface area contributed by atoms with E-state index in [-0.39, 0.29) is 0 Å². The summed E-state index contributed by atoms with van der Waals surface area (Å²) >= 11 is 0. The highest BCUT2D eigenvalue weighted by molar-refractivity contribution is 5.76. The molecule has 0 saturated heterocycles. The first-order valence-corrected chi connectivity index (χ1v) is 5.48. The van der Waals surface area contributed by atoms with Crippen LogP contribution in [0.3, 0.4) is 0 Å². The zero-order valence-electron chi connectivity index (χ0n) is 9.33. The minimum atomic E-state index is 0.504. The summed E-state index contributed by atoms with van der Waals surface area (Å²) in [6, 6.07) is 6.46. The Hall–Kier alpha value is -1.35. The third-order valence-electron chi connectivity index (χ3n) is 2.80. The number of nitrogens with two attached hydrogens (primary N) is 1. The summed E-state index contributed by atoms with van der Waals surface area (Å²) in [4.78, 5) is 4.55. The SMILES string of the molecule is CCc1ccc2c(c1)nc(CN)n2CC. The highest BCUT2D eigenvalue weighted by Crippen LogP contribution is 2.18. The molecule has 80 valence electrons. The van der Waals surface area contributed by atoms with Crippen LogP contribution in [0.1, 0.15) is 25.2 Å². The van der Waals surface area contributed by atoms with Gasteiger partial charge in [0, 0.05) is 6.54 Å². The summed E-state index contributed by atoms with van der Waals surface area (Å²) in [5.41, 5.74) is 9.26. The van der Waals surface area contributed by atoms with E-state index in [2.05, 4.69) is 41.6 Å². The van der Waals surface area contributed by atoms with Crippen LogP contribution in [0.2, 0.25) is 0 Å². The van der Waals surface area contributed by atoms with Gasteiger partial charge in [0.2, 0.25) is 0 Å². The predicted molar refractivity (Wildman–Crippen MR) is 62.7 cm³/mol. The average Bonchev–Trinajstić information content (AvgIpc) is 2.65. The fourth-order valence-electron chi connectivity index (χ4n) is 1.95. The van der Waals surface area contributed by atoms with Crippen molar-refractivity contribution >= 4 is 11.0 Å². The van der Waals surface area contributed by atoms with Gasteiger partial charge in [-0.25, -0.2) is 4.98 Å². The van der Waals surface area contributed by atoms with Crippen LogP contribution in [-0.2, 0) is 19.5 Å². The summed E-state index contributed by atoms with van der Waals surface area (Å²) in [6.07, 6.45) is 1.05. The summed E-state index contributed by atoms with van der Waals surface area (Å²) < 4.78 is 2.18. The molecular weight excluding hydrogens is 186 g/mol. The van der Waals surface area contributed by atoms with Crippen LogP contribution in [0, 0.1) is 0 Å². The Labute approximate surface area is 89.9 Å². The smallest absolute Gasteiger partial charge is 0.123 e. The van der Waals surface area contributed by atoms with Crippen LogP contribution in [0.25, 0.3) is 11.0 Å². The Balaban J connectivity index is 2.65. The molecule has 0 aliphatic heterocycles. The standard InChI is InChI=1S/C12H17N3/c1-3-9-5-6-11-10(7-9)14-12(8-13)15(11)4-2/h5-7H,3-4,8,13H2,1-2H3. The molecule has 0 radical (unpaired) electrons. The van der Waals surface area contributed by atoms with Crippen molar-refractivity contribution in [1.29, 1.82) is 0 Å². The summed E-state index contributed by atoms with van der Waals surface area (Å²) in [7, 11) is 0. The molecule has 0 atom stereocenters. The van der Waals surface area contributed by atoms with Crippen molar-refractivity contribution in [3.63, 3.8) is 0 Å². The van der Waals surface area contributed by atoms with Gasteiger partial charge in [-0.15, -0.1) is 0 Å². The zero-order valence-corrected chi connectivity index (χ0v) is 9.33. The van der Waals surface area contributed by atoms with Gasteiger partial charge in [0.1, 0.15) is 5.82 Å². The van der Waals surface area contributed by atoms with Gasteiger partial charge in [-0.1, -0.05) is 13.0 Å². The van der Waals surface area contributed by atoms with E-state index in [1.807, 2.05) is 0 Å². The van der Waals surface area contributed by atoms with E-state index in [9.17, 15) is 0 Å². The molecule has 0 bridgehead atoms. The molecule has 1 heterocycles. The molecule has 0 amide bonds. The molecule has 15 heavy (non-hydrogen) atoms. The number of hydrogen-bond donors (Lipinski definition) is 1. The first kappa shape index (κ1) is 10.2. The number of benzene rings is 1. The number of hydrogen-bond acceptors (Lipinski definition) is 2. The second-order valence-corrected chi connectivity index (χ2v) is 3.65. The lowest BCUT2D eigenvalue weighted by molar-refractivity contribution is 0.718. The Bertz CT molecular complexity index is 471. The van der Waals surface area contributed by atoms with Crippen LogP contribution in [-0.4, -0.2) is 9.55 Å². The third kappa shape index (κ3) is 1.63. The maximum Gasteiger partial charge on any atom is 0.123 e. The number of nitrogens with zero attached hydrogens (tertiary/aromatic N) is 2. The van der Waals surface area contributed by atoms with Gasteiger partial charge in [-0.05, 0) is 31.0 Å². The van der Waals surface area contributed by atoms with E-state index in [0.29, 0.717) is 6.54 Å². The van der Waals surface area contributed by atoms with Crippen molar-refractivity contribution in [3.05, 3.63) is 29.6 Å². The Morgan fingerprint density at radius 1 is 1.33 bits per heavy atom. The highest BCUT2D eigenvalue weighted by atomic mass is 15.1.